The summed E-state index contributed by atoms with van der Waals surface area (Å²) in [7, 11) is 1.65. The van der Waals surface area contributed by atoms with Crippen molar-refractivity contribution >= 4 is 6.09 Å². The Labute approximate surface area is 143 Å². The number of ether oxygens (including phenoxy) is 2. The molecule has 0 aromatic heterocycles. The van der Waals surface area contributed by atoms with Crippen LogP contribution in [-0.2, 0) is 11.2 Å². The zero-order chi connectivity index (χ0) is 17.5. The van der Waals surface area contributed by atoms with Crippen LogP contribution in [0.4, 0.5) is 4.79 Å². The van der Waals surface area contributed by atoms with E-state index < -0.39 is 5.60 Å². The molecular weight excluding hydrogens is 306 g/mol. The number of likely N-dealkylation sites (tertiary alicyclic amines) is 1. The lowest BCUT2D eigenvalue weighted by molar-refractivity contribution is 0.0157. The Morgan fingerprint density at radius 1 is 1.42 bits per heavy atom. The number of aliphatic hydroxyl groups excluding tert-OH is 1. The second-order valence-electron chi connectivity index (χ2n) is 7.90. The molecule has 1 N–H and O–H groups in total. The van der Waals surface area contributed by atoms with Crippen LogP contribution >= 0.6 is 0 Å². The van der Waals surface area contributed by atoms with Crippen molar-refractivity contribution in [1.29, 1.82) is 0 Å². The van der Waals surface area contributed by atoms with Gasteiger partial charge in [-0.25, -0.2) is 4.79 Å². The summed E-state index contributed by atoms with van der Waals surface area (Å²) in [6, 6.07) is 6.02. The van der Waals surface area contributed by atoms with Gasteiger partial charge in [-0.1, -0.05) is 6.07 Å². The molecule has 0 bridgehead atoms. The van der Waals surface area contributed by atoms with E-state index >= 15 is 0 Å². The van der Waals surface area contributed by atoms with Gasteiger partial charge in [0.15, 0.2) is 0 Å². The molecule has 0 spiro atoms. The molecule has 0 radical (unpaired) electrons. The number of hydrogen-bond donors (Lipinski definition) is 1. The van der Waals surface area contributed by atoms with Crippen LogP contribution < -0.4 is 4.74 Å². The van der Waals surface area contributed by atoms with E-state index in [9.17, 15) is 9.90 Å². The molecule has 1 heterocycles. The molecule has 1 aliphatic carbocycles. The minimum absolute atomic E-state index is 0.0513. The Morgan fingerprint density at radius 3 is 2.79 bits per heavy atom. The van der Waals surface area contributed by atoms with Crippen molar-refractivity contribution in [1.82, 2.24) is 4.90 Å². The molecule has 24 heavy (non-hydrogen) atoms. The molecule has 5 nitrogen and oxygen atoms in total. The van der Waals surface area contributed by atoms with Gasteiger partial charge in [0.2, 0.25) is 0 Å². The van der Waals surface area contributed by atoms with Crippen molar-refractivity contribution < 1.29 is 19.4 Å². The van der Waals surface area contributed by atoms with E-state index in [1.165, 1.54) is 5.56 Å². The van der Waals surface area contributed by atoms with E-state index in [-0.39, 0.29) is 24.2 Å². The summed E-state index contributed by atoms with van der Waals surface area (Å²) in [6.07, 6.45) is 2.18. The second kappa shape index (κ2) is 5.96. The van der Waals surface area contributed by atoms with Crippen LogP contribution in [-0.4, -0.2) is 42.0 Å². The van der Waals surface area contributed by atoms with Gasteiger partial charge in [0.1, 0.15) is 11.4 Å². The number of aliphatic hydroxyl groups is 1. The zero-order valence-corrected chi connectivity index (χ0v) is 15.0. The predicted octanol–water partition coefficient (Wildman–Crippen LogP) is 3.30. The maximum absolute atomic E-state index is 12.7. The first-order valence-electron chi connectivity index (χ1n) is 8.57. The summed E-state index contributed by atoms with van der Waals surface area (Å²) < 4.78 is 11.0. The lowest BCUT2D eigenvalue weighted by atomic mass is 9.78. The topological polar surface area (TPSA) is 59.0 Å². The van der Waals surface area contributed by atoms with Crippen LogP contribution in [0.5, 0.6) is 5.75 Å². The van der Waals surface area contributed by atoms with Crippen molar-refractivity contribution in [3.05, 3.63) is 29.3 Å². The molecule has 1 saturated heterocycles. The maximum atomic E-state index is 12.7. The van der Waals surface area contributed by atoms with Gasteiger partial charge in [-0.3, -0.25) is 0 Å². The van der Waals surface area contributed by atoms with Gasteiger partial charge in [0.25, 0.3) is 0 Å². The van der Waals surface area contributed by atoms with Gasteiger partial charge in [0.05, 0.1) is 13.2 Å². The van der Waals surface area contributed by atoms with Gasteiger partial charge < -0.3 is 19.5 Å². The average Bonchev–Trinajstić information content (AvgIpc) is 2.99. The summed E-state index contributed by atoms with van der Waals surface area (Å²) in [4.78, 5) is 14.6. The van der Waals surface area contributed by atoms with Crippen molar-refractivity contribution in [2.75, 3.05) is 20.3 Å². The van der Waals surface area contributed by atoms with Crippen LogP contribution in [0, 0.1) is 5.41 Å². The van der Waals surface area contributed by atoms with E-state index in [1.54, 1.807) is 7.11 Å². The van der Waals surface area contributed by atoms with Crippen molar-refractivity contribution in [2.45, 2.75) is 51.7 Å². The van der Waals surface area contributed by atoms with Crippen LogP contribution in [0.1, 0.15) is 50.8 Å². The van der Waals surface area contributed by atoms with Gasteiger partial charge in [-0.2, -0.15) is 0 Å². The third kappa shape index (κ3) is 2.86. The van der Waals surface area contributed by atoms with Crippen LogP contribution in [0.25, 0.3) is 0 Å². The van der Waals surface area contributed by atoms with Crippen molar-refractivity contribution in [2.24, 2.45) is 5.41 Å². The molecule has 5 heteroatoms. The molecule has 1 aromatic carbocycles. The van der Waals surface area contributed by atoms with Crippen LogP contribution in [0.2, 0.25) is 0 Å². The van der Waals surface area contributed by atoms with E-state index in [4.69, 9.17) is 9.47 Å². The van der Waals surface area contributed by atoms with Gasteiger partial charge in [-0.15, -0.1) is 0 Å². The number of amides is 1. The molecule has 2 aliphatic rings. The summed E-state index contributed by atoms with van der Waals surface area (Å²) in [5.74, 6) is 0.796. The molecule has 1 fully saturated rings. The predicted molar refractivity (Wildman–Crippen MR) is 91.1 cm³/mol. The number of carbonyl (C=O) groups is 1. The minimum Gasteiger partial charge on any atom is -0.497 e. The van der Waals surface area contributed by atoms with E-state index in [0.29, 0.717) is 13.0 Å². The van der Waals surface area contributed by atoms with Crippen molar-refractivity contribution in [3.63, 3.8) is 0 Å². The summed E-state index contributed by atoms with van der Waals surface area (Å²) in [6.45, 7) is 6.44. The van der Waals surface area contributed by atoms with Crippen LogP contribution in [0.15, 0.2) is 18.2 Å². The highest BCUT2D eigenvalue weighted by Gasteiger charge is 2.54. The monoisotopic (exact) mass is 333 g/mol. The second-order valence-corrected chi connectivity index (χ2v) is 7.90. The Hall–Kier alpha value is -1.75. The molecule has 1 amide bonds. The molecule has 132 valence electrons. The minimum atomic E-state index is -0.519. The molecule has 3 rings (SSSR count). The van der Waals surface area contributed by atoms with Crippen molar-refractivity contribution in [3.8, 4) is 5.75 Å². The number of hydrogen-bond acceptors (Lipinski definition) is 4. The first-order valence-corrected chi connectivity index (χ1v) is 8.57. The number of nitrogens with zero attached hydrogens (tertiary/aromatic N) is 1. The summed E-state index contributed by atoms with van der Waals surface area (Å²) >= 11 is 0. The van der Waals surface area contributed by atoms with E-state index in [1.807, 2.05) is 37.8 Å². The fourth-order valence-corrected chi connectivity index (χ4v) is 4.21. The van der Waals surface area contributed by atoms with Gasteiger partial charge in [-0.05, 0) is 63.3 Å². The molecule has 1 aliphatic heterocycles. The Morgan fingerprint density at radius 2 is 2.17 bits per heavy atom. The molecule has 2 atom stereocenters. The van der Waals surface area contributed by atoms with Crippen LogP contribution in [0.3, 0.4) is 0 Å². The highest BCUT2D eigenvalue weighted by Crippen LogP contribution is 2.57. The van der Waals surface area contributed by atoms with E-state index in [2.05, 4.69) is 6.07 Å². The maximum Gasteiger partial charge on any atom is 0.410 e. The number of carbonyl (C=O) groups excluding carboxylic acids is 1. The molecular formula is C19H27NO4. The Kier molecular flexibility index (Phi) is 4.24. The molecule has 1 aromatic rings. The number of rotatable bonds is 3. The number of fused-ring (bicyclic) bond motifs is 3. The lowest BCUT2D eigenvalue weighted by Gasteiger charge is -2.33. The van der Waals surface area contributed by atoms with E-state index in [0.717, 1.165) is 24.2 Å². The SMILES string of the molecule is COc1ccc2c(c1)C1N(C(=O)OC(C)(C)C)CCC1(CCO)C2. The molecule has 2 unspecified atom stereocenters. The number of benzene rings is 1. The zero-order valence-electron chi connectivity index (χ0n) is 15.0. The highest BCUT2D eigenvalue weighted by molar-refractivity contribution is 5.70. The molecule has 0 saturated carbocycles. The smallest absolute Gasteiger partial charge is 0.410 e. The fourth-order valence-electron chi connectivity index (χ4n) is 4.21. The Balaban J connectivity index is 1.98. The first kappa shape index (κ1) is 17.1. The van der Waals surface area contributed by atoms with Gasteiger partial charge in [0, 0.05) is 18.6 Å². The average molecular weight is 333 g/mol. The lowest BCUT2D eigenvalue weighted by Crippen LogP contribution is -2.38. The fraction of sp³-hybridized carbons (Fsp3) is 0.632. The summed E-state index contributed by atoms with van der Waals surface area (Å²) in [5.41, 5.74) is 1.75. The van der Waals surface area contributed by atoms with Gasteiger partial charge >= 0.3 is 6.09 Å². The third-order valence-corrected chi connectivity index (χ3v) is 5.17. The highest BCUT2D eigenvalue weighted by atomic mass is 16.6. The Bertz CT molecular complexity index is 637. The normalized spacial score (nSPS) is 25.4. The number of methoxy groups -OCH3 is 1. The standard InChI is InChI=1S/C19H27NO4/c1-18(2,3)24-17(22)20-9-7-19(8-10-21)12-13-5-6-14(23-4)11-15(13)16(19)20/h5-6,11,16,21H,7-10,12H2,1-4H3. The summed E-state index contributed by atoms with van der Waals surface area (Å²) in [5, 5.41) is 9.60. The first-order chi connectivity index (χ1) is 11.3. The quantitative estimate of drug-likeness (QED) is 0.922. The third-order valence-electron chi connectivity index (χ3n) is 5.17. The largest absolute Gasteiger partial charge is 0.497 e.